The molecule has 7 heteroatoms. The van der Waals surface area contributed by atoms with E-state index in [1.807, 2.05) is 27.7 Å². The largest absolute Gasteiger partial charge is 0.378 e. The average molecular weight is 389 g/mol. The summed E-state index contributed by atoms with van der Waals surface area (Å²) in [7, 11) is 0. The summed E-state index contributed by atoms with van der Waals surface area (Å²) in [6.07, 6.45) is 3.79. The Morgan fingerprint density at radius 1 is 1.00 bits per heavy atom. The lowest BCUT2D eigenvalue weighted by molar-refractivity contribution is -0.127. The summed E-state index contributed by atoms with van der Waals surface area (Å²) in [6.45, 7) is 8.77. The molecule has 0 bridgehead atoms. The third kappa shape index (κ3) is 10.4. The molecule has 0 radical (unpaired) electrons. The zero-order valence-electron chi connectivity index (χ0n) is 17.2. The number of Topliss-reactive ketones (excluding diaryl/α,β-unsaturated/α-hetero) is 1. The molecule has 1 fully saturated rings. The highest BCUT2D eigenvalue weighted by atomic mass is 16.5. The van der Waals surface area contributed by atoms with E-state index in [1.165, 1.54) is 0 Å². The van der Waals surface area contributed by atoms with E-state index in [2.05, 4.69) is 10.6 Å². The Kier molecular flexibility index (Phi) is 11.2. The van der Waals surface area contributed by atoms with Crippen molar-refractivity contribution in [3.63, 3.8) is 0 Å². The molecule has 7 nitrogen and oxygen atoms in total. The molecule has 0 saturated heterocycles. The lowest BCUT2D eigenvalue weighted by Crippen LogP contribution is -2.41. The molecule has 0 heterocycles. The van der Waals surface area contributed by atoms with E-state index in [9.17, 15) is 14.4 Å². The van der Waals surface area contributed by atoms with Gasteiger partial charge in [0.2, 0.25) is 11.8 Å². The van der Waals surface area contributed by atoms with E-state index in [0.717, 1.165) is 25.7 Å². The molecule has 0 unspecified atom stereocenters. The van der Waals surface area contributed by atoms with Gasteiger partial charge in [0.15, 0.2) is 0 Å². The van der Waals surface area contributed by atoms with Crippen molar-refractivity contribution in [2.75, 3.05) is 26.4 Å². The van der Waals surface area contributed by atoms with E-state index in [4.69, 9.17) is 9.47 Å². The van der Waals surface area contributed by atoms with Gasteiger partial charge in [0, 0.05) is 33.7 Å². The van der Waals surface area contributed by atoms with Gasteiger partial charge in [0.25, 0.3) is 0 Å². The fraction of sp³-hybridized carbons (Fsp3) is 0.850. The zero-order valence-corrected chi connectivity index (χ0v) is 17.2. The number of ketones is 1. The smallest absolute Gasteiger partial charge is 0.246 e. The SMILES string of the molecule is CC(C)OCCC(=O)NCCOCC(=O)NC1CCC(C(=O)C(C)C)CC1.[HH].[HH]. The van der Waals surface area contributed by atoms with Gasteiger partial charge >= 0.3 is 0 Å². The lowest BCUT2D eigenvalue weighted by Gasteiger charge is -2.29. The van der Waals surface area contributed by atoms with Crippen LogP contribution < -0.4 is 10.6 Å². The Balaban J connectivity index is 0. The summed E-state index contributed by atoms with van der Waals surface area (Å²) in [6, 6.07) is 0.123. The molecule has 0 aromatic rings. The first-order valence-corrected chi connectivity index (χ1v) is 10.1. The minimum Gasteiger partial charge on any atom is -0.378 e. The lowest BCUT2D eigenvalue weighted by atomic mass is 9.80. The van der Waals surface area contributed by atoms with Crippen molar-refractivity contribution in [1.29, 1.82) is 0 Å². The van der Waals surface area contributed by atoms with Gasteiger partial charge in [0.1, 0.15) is 12.4 Å². The minimum absolute atomic E-state index is 0. The van der Waals surface area contributed by atoms with E-state index in [0.29, 0.717) is 32.0 Å². The van der Waals surface area contributed by atoms with Crippen LogP contribution >= 0.6 is 0 Å². The monoisotopic (exact) mass is 388 g/mol. The van der Waals surface area contributed by atoms with Crippen LogP contribution in [0, 0.1) is 11.8 Å². The third-order valence-corrected chi connectivity index (χ3v) is 4.65. The van der Waals surface area contributed by atoms with Crippen LogP contribution in [0.15, 0.2) is 0 Å². The van der Waals surface area contributed by atoms with Gasteiger partial charge < -0.3 is 20.1 Å². The topological polar surface area (TPSA) is 93.7 Å². The van der Waals surface area contributed by atoms with Crippen molar-refractivity contribution in [3.8, 4) is 0 Å². The van der Waals surface area contributed by atoms with Crippen LogP contribution in [0.25, 0.3) is 0 Å². The second-order valence-corrected chi connectivity index (χ2v) is 7.75. The fourth-order valence-electron chi connectivity index (χ4n) is 3.17. The van der Waals surface area contributed by atoms with Crippen LogP contribution in [0.5, 0.6) is 0 Å². The number of ether oxygens (including phenoxy) is 2. The van der Waals surface area contributed by atoms with Crippen molar-refractivity contribution < 1.29 is 26.7 Å². The Morgan fingerprint density at radius 3 is 2.26 bits per heavy atom. The van der Waals surface area contributed by atoms with Gasteiger partial charge in [-0.25, -0.2) is 0 Å². The summed E-state index contributed by atoms with van der Waals surface area (Å²) >= 11 is 0. The molecule has 1 saturated carbocycles. The summed E-state index contributed by atoms with van der Waals surface area (Å²) in [4.78, 5) is 35.5. The summed E-state index contributed by atoms with van der Waals surface area (Å²) in [5.41, 5.74) is 0. The number of rotatable bonds is 12. The molecule has 0 aromatic heterocycles. The molecule has 27 heavy (non-hydrogen) atoms. The van der Waals surface area contributed by atoms with Crippen molar-refractivity contribution in [2.24, 2.45) is 11.8 Å². The van der Waals surface area contributed by atoms with E-state index in [-0.39, 0.29) is 45.3 Å². The number of hydrogen-bond acceptors (Lipinski definition) is 5. The second kappa shape index (κ2) is 12.8. The summed E-state index contributed by atoms with van der Waals surface area (Å²) in [5.74, 6) is 0.323. The molecule has 160 valence electrons. The van der Waals surface area contributed by atoms with Gasteiger partial charge in [-0.2, -0.15) is 0 Å². The quantitative estimate of drug-likeness (QED) is 0.501. The maximum absolute atomic E-state index is 12.0. The second-order valence-electron chi connectivity index (χ2n) is 7.75. The predicted molar refractivity (Wildman–Crippen MR) is 107 cm³/mol. The van der Waals surface area contributed by atoms with Crippen LogP contribution in [0.4, 0.5) is 0 Å². The van der Waals surface area contributed by atoms with Gasteiger partial charge in [-0.15, -0.1) is 0 Å². The molecule has 0 aliphatic heterocycles. The average Bonchev–Trinajstić information content (AvgIpc) is 2.61. The van der Waals surface area contributed by atoms with Crippen LogP contribution in [-0.2, 0) is 23.9 Å². The number of hydrogen-bond donors (Lipinski definition) is 2. The van der Waals surface area contributed by atoms with Crippen molar-refractivity contribution in [1.82, 2.24) is 10.6 Å². The molecule has 0 atom stereocenters. The predicted octanol–water partition coefficient (Wildman–Crippen LogP) is 2.33. The molecule has 2 N–H and O–H groups in total. The number of carbonyl (C=O) groups excluding carboxylic acids is 3. The number of carbonyl (C=O) groups is 3. The Morgan fingerprint density at radius 2 is 1.67 bits per heavy atom. The number of nitrogens with one attached hydrogen (secondary N) is 2. The van der Waals surface area contributed by atoms with Crippen LogP contribution in [0.1, 0.15) is 62.7 Å². The molecular formula is C20H40N2O5. The van der Waals surface area contributed by atoms with Crippen molar-refractivity contribution in [2.45, 2.75) is 71.9 Å². The Bertz CT molecular complexity index is 481. The summed E-state index contributed by atoms with van der Waals surface area (Å²) < 4.78 is 10.6. The van der Waals surface area contributed by atoms with Gasteiger partial charge in [-0.1, -0.05) is 13.8 Å². The maximum atomic E-state index is 12.0. The molecule has 1 aliphatic carbocycles. The Hall–Kier alpha value is -1.47. The molecule has 1 aliphatic rings. The first kappa shape index (κ1) is 23.6. The number of amides is 2. The van der Waals surface area contributed by atoms with Crippen molar-refractivity contribution in [3.05, 3.63) is 0 Å². The van der Waals surface area contributed by atoms with E-state index >= 15 is 0 Å². The highest BCUT2D eigenvalue weighted by Crippen LogP contribution is 2.27. The molecular weight excluding hydrogens is 348 g/mol. The maximum Gasteiger partial charge on any atom is 0.246 e. The molecule has 0 spiro atoms. The first-order valence-electron chi connectivity index (χ1n) is 10.1. The van der Waals surface area contributed by atoms with E-state index < -0.39 is 0 Å². The standard InChI is InChI=1S/C20H36N2O5.2H2/c1-14(2)20(25)16-5-7-17(8-6-16)22-19(24)13-26-12-10-21-18(23)9-11-27-15(3)4;;/h14-17H,5-13H2,1-4H3,(H,21,23)(H,22,24);2*1H. The first-order chi connectivity index (χ1) is 12.8. The van der Waals surface area contributed by atoms with Crippen molar-refractivity contribution >= 4 is 17.6 Å². The van der Waals surface area contributed by atoms with Gasteiger partial charge in [-0.3, -0.25) is 14.4 Å². The summed E-state index contributed by atoms with van der Waals surface area (Å²) in [5, 5.41) is 5.69. The molecule has 0 aromatic carbocycles. The van der Waals surface area contributed by atoms with E-state index in [1.54, 1.807) is 0 Å². The highest BCUT2D eigenvalue weighted by Gasteiger charge is 2.28. The molecule has 2 amide bonds. The highest BCUT2D eigenvalue weighted by molar-refractivity contribution is 5.83. The Labute approximate surface area is 165 Å². The third-order valence-electron chi connectivity index (χ3n) is 4.65. The minimum atomic E-state index is -0.148. The fourth-order valence-corrected chi connectivity index (χ4v) is 3.17. The van der Waals surface area contributed by atoms with Crippen LogP contribution in [0.2, 0.25) is 0 Å². The molecule has 1 rings (SSSR count). The van der Waals surface area contributed by atoms with Crippen LogP contribution in [-0.4, -0.2) is 56.1 Å². The zero-order chi connectivity index (χ0) is 20.2. The van der Waals surface area contributed by atoms with Gasteiger partial charge in [-0.05, 0) is 39.5 Å². The normalized spacial score (nSPS) is 19.9. The van der Waals surface area contributed by atoms with Crippen LogP contribution in [0.3, 0.4) is 0 Å². The van der Waals surface area contributed by atoms with Gasteiger partial charge in [0.05, 0.1) is 19.3 Å².